The Balaban J connectivity index is 1.57. The summed E-state index contributed by atoms with van der Waals surface area (Å²) < 4.78 is 0.888. The van der Waals surface area contributed by atoms with Crippen LogP contribution in [-0.4, -0.2) is 40.5 Å². The molecule has 2 rings (SSSR count). The fourth-order valence-electron chi connectivity index (χ4n) is 1.75. The average Bonchev–Trinajstić information content (AvgIpc) is 2.95. The molecule has 1 aliphatic carbocycles. The maximum absolute atomic E-state index is 11.5. The highest BCUT2D eigenvalue weighted by Crippen LogP contribution is 2.27. The predicted octanol–water partition coefficient (Wildman–Crippen LogP) is 1.63. The van der Waals surface area contributed by atoms with E-state index in [0.717, 1.165) is 29.9 Å². The normalized spacial score (nSPS) is 19.9. The number of carbonyl (C=O) groups excluding carboxylic acids is 1. The van der Waals surface area contributed by atoms with E-state index in [9.17, 15) is 4.79 Å². The Hall–Kier alpha value is -0.290. The standard InChI is InChI=1S/C11H18N2OS2/c14-10(12-7-9-3-4-9)8-16-11(15)13-5-1-2-6-13/h9H,1-8H2,(H,12,14). The number of thioether (sulfide) groups is 1. The fraction of sp³-hybridized carbons (Fsp3) is 0.818. The largest absolute Gasteiger partial charge is 0.358 e. The van der Waals surface area contributed by atoms with Gasteiger partial charge in [-0.1, -0.05) is 24.0 Å². The Morgan fingerprint density at radius 2 is 2.06 bits per heavy atom. The molecule has 1 heterocycles. The third-order valence-corrected chi connectivity index (χ3v) is 4.50. The molecule has 3 nitrogen and oxygen atoms in total. The SMILES string of the molecule is O=C(CSC(=S)N1CCCC1)NCC1CC1. The van der Waals surface area contributed by atoms with Crippen molar-refractivity contribution in [2.75, 3.05) is 25.4 Å². The second-order valence-corrected chi connectivity index (χ2v) is 6.11. The maximum Gasteiger partial charge on any atom is 0.230 e. The van der Waals surface area contributed by atoms with Gasteiger partial charge in [0.1, 0.15) is 4.32 Å². The number of hydrogen-bond donors (Lipinski definition) is 1. The van der Waals surface area contributed by atoms with Crippen LogP contribution in [0.1, 0.15) is 25.7 Å². The minimum Gasteiger partial charge on any atom is -0.358 e. The molecule has 0 spiro atoms. The summed E-state index contributed by atoms with van der Waals surface area (Å²) in [5.41, 5.74) is 0. The molecule has 1 N–H and O–H groups in total. The van der Waals surface area contributed by atoms with Gasteiger partial charge in [0.25, 0.3) is 0 Å². The molecule has 1 saturated heterocycles. The minimum atomic E-state index is 0.124. The highest BCUT2D eigenvalue weighted by Gasteiger charge is 2.22. The van der Waals surface area contributed by atoms with E-state index in [1.54, 1.807) is 0 Å². The van der Waals surface area contributed by atoms with Gasteiger partial charge in [0.15, 0.2) is 0 Å². The first-order valence-electron chi connectivity index (χ1n) is 5.94. The quantitative estimate of drug-likeness (QED) is 0.777. The molecule has 0 aromatic rings. The lowest BCUT2D eigenvalue weighted by atomic mass is 10.4. The number of nitrogens with one attached hydrogen (secondary N) is 1. The molecule has 0 aromatic carbocycles. The minimum absolute atomic E-state index is 0.124. The number of nitrogens with zero attached hydrogens (tertiary/aromatic N) is 1. The van der Waals surface area contributed by atoms with E-state index < -0.39 is 0 Å². The summed E-state index contributed by atoms with van der Waals surface area (Å²) in [5.74, 6) is 1.35. The summed E-state index contributed by atoms with van der Waals surface area (Å²) in [6, 6.07) is 0. The van der Waals surface area contributed by atoms with E-state index in [0.29, 0.717) is 5.75 Å². The van der Waals surface area contributed by atoms with Gasteiger partial charge >= 0.3 is 0 Å². The Morgan fingerprint density at radius 3 is 2.69 bits per heavy atom. The van der Waals surface area contributed by atoms with Crippen LogP contribution in [0.4, 0.5) is 0 Å². The van der Waals surface area contributed by atoms with Crippen molar-refractivity contribution in [3.63, 3.8) is 0 Å². The van der Waals surface area contributed by atoms with E-state index in [-0.39, 0.29) is 5.91 Å². The van der Waals surface area contributed by atoms with Gasteiger partial charge in [-0.3, -0.25) is 4.79 Å². The van der Waals surface area contributed by atoms with E-state index >= 15 is 0 Å². The molecule has 2 fully saturated rings. The van der Waals surface area contributed by atoms with Crippen LogP contribution < -0.4 is 5.32 Å². The molecule has 2 aliphatic rings. The van der Waals surface area contributed by atoms with Crippen LogP contribution in [0.3, 0.4) is 0 Å². The summed E-state index contributed by atoms with van der Waals surface area (Å²) in [7, 11) is 0. The topological polar surface area (TPSA) is 32.3 Å². The number of amides is 1. The molecule has 0 unspecified atom stereocenters. The molecule has 0 atom stereocenters. The lowest BCUT2D eigenvalue weighted by Crippen LogP contribution is -2.29. The second-order valence-electron chi connectivity index (χ2n) is 4.50. The van der Waals surface area contributed by atoms with Crippen LogP contribution in [0.25, 0.3) is 0 Å². The first-order chi connectivity index (χ1) is 7.75. The average molecular weight is 258 g/mol. The van der Waals surface area contributed by atoms with E-state index in [1.165, 1.54) is 37.4 Å². The van der Waals surface area contributed by atoms with Crippen molar-refractivity contribution in [2.24, 2.45) is 5.92 Å². The second kappa shape index (κ2) is 5.87. The number of rotatable bonds is 4. The predicted molar refractivity (Wildman–Crippen MR) is 71.6 cm³/mol. The zero-order valence-electron chi connectivity index (χ0n) is 9.41. The van der Waals surface area contributed by atoms with Crippen LogP contribution in [0.2, 0.25) is 0 Å². The van der Waals surface area contributed by atoms with Crippen molar-refractivity contribution >= 4 is 34.2 Å². The van der Waals surface area contributed by atoms with Crippen molar-refractivity contribution in [1.82, 2.24) is 10.2 Å². The van der Waals surface area contributed by atoms with Crippen LogP contribution in [-0.2, 0) is 4.79 Å². The number of likely N-dealkylation sites (tertiary alicyclic amines) is 1. The van der Waals surface area contributed by atoms with Crippen molar-refractivity contribution in [1.29, 1.82) is 0 Å². The molecule has 1 aliphatic heterocycles. The molecular formula is C11H18N2OS2. The van der Waals surface area contributed by atoms with Gasteiger partial charge in [0.05, 0.1) is 5.75 Å². The summed E-state index contributed by atoms with van der Waals surface area (Å²) in [6.07, 6.45) is 5.02. The molecule has 0 bridgehead atoms. The van der Waals surface area contributed by atoms with Crippen LogP contribution >= 0.6 is 24.0 Å². The highest BCUT2D eigenvalue weighted by molar-refractivity contribution is 8.23. The molecule has 0 radical (unpaired) electrons. The number of carbonyl (C=O) groups is 1. The number of thiocarbonyl (C=S) groups is 1. The zero-order chi connectivity index (χ0) is 11.4. The third kappa shape index (κ3) is 3.94. The van der Waals surface area contributed by atoms with Gasteiger partial charge in [0, 0.05) is 19.6 Å². The summed E-state index contributed by atoms with van der Waals surface area (Å²) >= 11 is 6.79. The summed E-state index contributed by atoms with van der Waals surface area (Å²) in [5, 5.41) is 2.95. The molecule has 0 aromatic heterocycles. The first kappa shape index (κ1) is 12.2. The van der Waals surface area contributed by atoms with E-state index in [4.69, 9.17) is 12.2 Å². The van der Waals surface area contributed by atoms with Crippen LogP contribution in [0.15, 0.2) is 0 Å². The fourth-order valence-corrected chi connectivity index (χ4v) is 2.83. The lowest BCUT2D eigenvalue weighted by molar-refractivity contribution is -0.118. The lowest BCUT2D eigenvalue weighted by Gasteiger charge is -2.17. The molecule has 90 valence electrons. The van der Waals surface area contributed by atoms with Gasteiger partial charge in [-0.25, -0.2) is 0 Å². The third-order valence-electron chi connectivity index (χ3n) is 2.98. The maximum atomic E-state index is 11.5. The summed E-state index contributed by atoms with van der Waals surface area (Å²) in [4.78, 5) is 13.7. The van der Waals surface area contributed by atoms with Crippen molar-refractivity contribution in [3.05, 3.63) is 0 Å². The smallest absolute Gasteiger partial charge is 0.230 e. The Kier molecular flexibility index (Phi) is 4.46. The highest BCUT2D eigenvalue weighted by atomic mass is 32.2. The van der Waals surface area contributed by atoms with Gasteiger partial charge in [0.2, 0.25) is 5.91 Å². The van der Waals surface area contributed by atoms with Crippen molar-refractivity contribution < 1.29 is 4.79 Å². The number of hydrogen-bond acceptors (Lipinski definition) is 3. The molecule has 1 saturated carbocycles. The van der Waals surface area contributed by atoms with Crippen LogP contribution in [0, 0.1) is 5.92 Å². The van der Waals surface area contributed by atoms with Crippen molar-refractivity contribution in [3.8, 4) is 0 Å². The monoisotopic (exact) mass is 258 g/mol. The van der Waals surface area contributed by atoms with Gasteiger partial charge in [-0.05, 0) is 31.6 Å². The van der Waals surface area contributed by atoms with E-state index in [1.807, 2.05) is 0 Å². The molecule has 16 heavy (non-hydrogen) atoms. The summed E-state index contributed by atoms with van der Waals surface area (Å²) in [6.45, 7) is 2.99. The van der Waals surface area contributed by atoms with Crippen LogP contribution in [0.5, 0.6) is 0 Å². The Morgan fingerprint density at radius 1 is 1.38 bits per heavy atom. The molecule has 5 heteroatoms. The Labute approximate surface area is 106 Å². The van der Waals surface area contributed by atoms with Gasteiger partial charge < -0.3 is 10.2 Å². The first-order valence-corrected chi connectivity index (χ1v) is 7.33. The van der Waals surface area contributed by atoms with E-state index in [2.05, 4.69) is 10.2 Å². The van der Waals surface area contributed by atoms with Gasteiger partial charge in [-0.15, -0.1) is 0 Å². The van der Waals surface area contributed by atoms with Crippen molar-refractivity contribution in [2.45, 2.75) is 25.7 Å². The Bertz CT molecular complexity index is 273. The van der Waals surface area contributed by atoms with Gasteiger partial charge in [-0.2, -0.15) is 0 Å². The zero-order valence-corrected chi connectivity index (χ0v) is 11.0. The molecular weight excluding hydrogens is 240 g/mol. The molecule has 1 amide bonds.